The SMILES string of the molecule is CN1CCN(c2nc(-c3cc(Cl)sc3Cl)cs2)CC1. The van der Waals surface area contributed by atoms with Crippen molar-refractivity contribution in [3.63, 3.8) is 0 Å². The first-order chi connectivity index (χ1) is 9.13. The Morgan fingerprint density at radius 2 is 1.95 bits per heavy atom. The molecule has 0 aromatic carbocycles. The number of thiazole rings is 1. The molecule has 0 spiro atoms. The van der Waals surface area contributed by atoms with Gasteiger partial charge >= 0.3 is 0 Å². The second-order valence-corrected chi connectivity index (χ2v) is 7.67. The van der Waals surface area contributed by atoms with Crippen molar-refractivity contribution in [3.8, 4) is 11.3 Å². The fraction of sp³-hybridized carbons (Fsp3) is 0.417. The highest BCUT2D eigenvalue weighted by Crippen LogP contribution is 2.39. The summed E-state index contributed by atoms with van der Waals surface area (Å²) in [6, 6.07) is 1.89. The van der Waals surface area contributed by atoms with Gasteiger partial charge in [0.15, 0.2) is 5.13 Å². The highest BCUT2D eigenvalue weighted by atomic mass is 35.5. The number of anilines is 1. The molecule has 1 fully saturated rings. The fourth-order valence-corrected chi connectivity index (χ4v) is 4.41. The number of thiophene rings is 1. The summed E-state index contributed by atoms with van der Waals surface area (Å²) < 4.78 is 1.41. The second kappa shape index (κ2) is 5.58. The molecule has 7 heteroatoms. The molecular formula is C12H13Cl2N3S2. The minimum absolute atomic E-state index is 0.703. The van der Waals surface area contributed by atoms with Crippen molar-refractivity contribution in [2.75, 3.05) is 38.1 Å². The highest BCUT2D eigenvalue weighted by molar-refractivity contribution is 7.20. The van der Waals surface area contributed by atoms with E-state index in [4.69, 9.17) is 28.2 Å². The lowest BCUT2D eigenvalue weighted by molar-refractivity contribution is 0.313. The fourth-order valence-electron chi connectivity index (χ4n) is 2.05. The molecule has 1 saturated heterocycles. The molecule has 0 aliphatic carbocycles. The zero-order valence-electron chi connectivity index (χ0n) is 10.4. The summed E-state index contributed by atoms with van der Waals surface area (Å²) >= 11 is 15.2. The van der Waals surface area contributed by atoms with Gasteiger partial charge < -0.3 is 9.80 Å². The number of hydrogen-bond donors (Lipinski definition) is 0. The zero-order valence-corrected chi connectivity index (χ0v) is 13.5. The van der Waals surface area contributed by atoms with Crippen LogP contribution in [0.1, 0.15) is 0 Å². The number of hydrogen-bond acceptors (Lipinski definition) is 5. The molecule has 0 atom stereocenters. The second-order valence-electron chi connectivity index (χ2n) is 4.54. The number of rotatable bonds is 2. The van der Waals surface area contributed by atoms with Crippen LogP contribution in [-0.2, 0) is 0 Å². The summed E-state index contributed by atoms with van der Waals surface area (Å²) in [4.78, 5) is 9.36. The van der Waals surface area contributed by atoms with Crippen LogP contribution < -0.4 is 4.90 Å². The molecular weight excluding hydrogens is 321 g/mol. The first kappa shape index (κ1) is 13.6. The van der Waals surface area contributed by atoms with E-state index in [1.165, 1.54) is 11.3 Å². The molecule has 2 aromatic heterocycles. The largest absolute Gasteiger partial charge is 0.346 e. The minimum Gasteiger partial charge on any atom is -0.346 e. The lowest BCUT2D eigenvalue weighted by atomic mass is 10.3. The number of piperazine rings is 1. The molecule has 3 nitrogen and oxygen atoms in total. The Morgan fingerprint density at radius 3 is 2.58 bits per heavy atom. The van der Waals surface area contributed by atoms with Gasteiger partial charge in [0, 0.05) is 37.1 Å². The molecule has 1 aliphatic heterocycles. The quantitative estimate of drug-likeness (QED) is 0.830. The predicted octanol–water partition coefficient (Wildman–Crippen LogP) is 3.93. The Balaban J connectivity index is 1.81. The maximum Gasteiger partial charge on any atom is 0.185 e. The number of halogens is 2. The van der Waals surface area contributed by atoms with Crippen molar-refractivity contribution < 1.29 is 0 Å². The minimum atomic E-state index is 0.703. The first-order valence-corrected chi connectivity index (χ1v) is 8.43. The van der Waals surface area contributed by atoms with Gasteiger partial charge in [-0.2, -0.15) is 0 Å². The van der Waals surface area contributed by atoms with Gasteiger partial charge in [0.05, 0.1) is 10.0 Å². The van der Waals surface area contributed by atoms with Crippen molar-refractivity contribution in [1.82, 2.24) is 9.88 Å². The lowest BCUT2D eigenvalue weighted by Gasteiger charge is -2.32. The van der Waals surface area contributed by atoms with E-state index in [0.29, 0.717) is 8.67 Å². The summed E-state index contributed by atoms with van der Waals surface area (Å²) in [6.07, 6.45) is 0. The van der Waals surface area contributed by atoms with Crippen LogP contribution in [0.4, 0.5) is 5.13 Å². The average molecular weight is 334 g/mol. The van der Waals surface area contributed by atoms with Crippen molar-refractivity contribution in [2.24, 2.45) is 0 Å². The normalized spacial score (nSPS) is 17.1. The third kappa shape index (κ3) is 2.90. The van der Waals surface area contributed by atoms with Crippen molar-refractivity contribution in [1.29, 1.82) is 0 Å². The van der Waals surface area contributed by atoms with Crippen LogP contribution in [0.5, 0.6) is 0 Å². The third-order valence-corrected chi connectivity index (χ3v) is 5.59. The molecule has 0 unspecified atom stereocenters. The van der Waals surface area contributed by atoms with Crippen LogP contribution in [0.2, 0.25) is 8.67 Å². The van der Waals surface area contributed by atoms with Gasteiger partial charge in [-0.25, -0.2) is 4.98 Å². The Morgan fingerprint density at radius 1 is 1.21 bits per heavy atom. The van der Waals surface area contributed by atoms with Crippen LogP contribution in [-0.4, -0.2) is 43.1 Å². The molecule has 19 heavy (non-hydrogen) atoms. The van der Waals surface area contributed by atoms with Gasteiger partial charge in [-0.3, -0.25) is 0 Å². The van der Waals surface area contributed by atoms with Gasteiger partial charge in [-0.1, -0.05) is 23.2 Å². The summed E-state index contributed by atoms with van der Waals surface area (Å²) in [5.41, 5.74) is 1.86. The summed E-state index contributed by atoms with van der Waals surface area (Å²) in [6.45, 7) is 4.23. The molecule has 0 N–H and O–H groups in total. The van der Waals surface area contributed by atoms with Crippen LogP contribution in [0.25, 0.3) is 11.3 Å². The van der Waals surface area contributed by atoms with Crippen LogP contribution in [0.3, 0.4) is 0 Å². The summed E-state index contributed by atoms with van der Waals surface area (Å²) in [5, 5.41) is 3.12. The van der Waals surface area contributed by atoms with Crippen LogP contribution >= 0.6 is 45.9 Å². The Kier molecular flexibility index (Phi) is 4.01. The van der Waals surface area contributed by atoms with E-state index in [2.05, 4.69) is 22.2 Å². The average Bonchev–Trinajstić information content (AvgIpc) is 2.97. The van der Waals surface area contributed by atoms with Crippen LogP contribution in [0.15, 0.2) is 11.4 Å². The van der Waals surface area contributed by atoms with Crippen molar-refractivity contribution in [2.45, 2.75) is 0 Å². The van der Waals surface area contributed by atoms with Gasteiger partial charge in [-0.15, -0.1) is 22.7 Å². The number of likely N-dealkylation sites (N-methyl/N-ethyl adjacent to an activating group) is 1. The maximum atomic E-state index is 6.17. The highest BCUT2D eigenvalue weighted by Gasteiger charge is 2.18. The monoisotopic (exact) mass is 333 g/mol. The van der Waals surface area contributed by atoms with E-state index in [1.807, 2.05) is 6.07 Å². The maximum absolute atomic E-state index is 6.17. The third-order valence-electron chi connectivity index (χ3n) is 3.20. The zero-order chi connectivity index (χ0) is 13.4. The van der Waals surface area contributed by atoms with E-state index < -0.39 is 0 Å². The molecule has 1 aliphatic rings. The Labute approximate surface area is 130 Å². The van der Waals surface area contributed by atoms with E-state index >= 15 is 0 Å². The van der Waals surface area contributed by atoms with Crippen molar-refractivity contribution >= 4 is 51.0 Å². The molecule has 3 rings (SSSR count). The predicted molar refractivity (Wildman–Crippen MR) is 85.2 cm³/mol. The summed E-state index contributed by atoms with van der Waals surface area (Å²) in [5.74, 6) is 0. The van der Waals surface area contributed by atoms with Gasteiger partial charge in [-0.05, 0) is 13.1 Å². The molecule has 3 heterocycles. The van der Waals surface area contributed by atoms with Gasteiger partial charge in [0.25, 0.3) is 0 Å². The van der Waals surface area contributed by atoms with E-state index in [-0.39, 0.29) is 0 Å². The summed E-state index contributed by atoms with van der Waals surface area (Å²) in [7, 11) is 2.15. The van der Waals surface area contributed by atoms with E-state index in [9.17, 15) is 0 Å². The molecule has 0 saturated carbocycles. The standard InChI is InChI=1S/C12H13Cl2N3S2/c1-16-2-4-17(5-3-16)12-15-9(7-18-12)8-6-10(13)19-11(8)14/h6-7H,2-5H2,1H3. The Bertz CT molecular complexity index is 573. The first-order valence-electron chi connectivity index (χ1n) is 5.98. The lowest BCUT2D eigenvalue weighted by Crippen LogP contribution is -2.44. The molecule has 2 aromatic rings. The Hall–Kier alpha value is -0.330. The van der Waals surface area contributed by atoms with Crippen LogP contribution in [0, 0.1) is 0 Å². The van der Waals surface area contributed by atoms with Gasteiger partial charge in [0.1, 0.15) is 4.34 Å². The van der Waals surface area contributed by atoms with Crippen molar-refractivity contribution in [3.05, 3.63) is 20.1 Å². The number of aromatic nitrogens is 1. The molecule has 0 bridgehead atoms. The number of nitrogens with zero attached hydrogens (tertiary/aromatic N) is 3. The molecule has 102 valence electrons. The molecule has 0 radical (unpaired) electrons. The van der Waals surface area contributed by atoms with E-state index in [0.717, 1.165) is 42.6 Å². The molecule has 0 amide bonds. The smallest absolute Gasteiger partial charge is 0.185 e. The van der Waals surface area contributed by atoms with E-state index in [1.54, 1.807) is 11.3 Å². The van der Waals surface area contributed by atoms with Gasteiger partial charge in [0.2, 0.25) is 0 Å². The topological polar surface area (TPSA) is 19.4 Å².